The first kappa shape index (κ1) is 19.0. The zero-order valence-electron chi connectivity index (χ0n) is 13.5. The maximum Gasteiger partial charge on any atom is 0.241 e. The van der Waals surface area contributed by atoms with E-state index in [1.54, 1.807) is 0 Å². The first-order valence-corrected chi connectivity index (χ1v) is 9.38. The molecule has 2 aromatic rings. The average Bonchev–Trinajstić information content (AvgIpc) is 2.94. The van der Waals surface area contributed by atoms with Crippen LogP contribution >= 0.6 is 0 Å². The number of hydrogen-bond acceptors (Lipinski definition) is 6. The zero-order chi connectivity index (χ0) is 18.4. The van der Waals surface area contributed by atoms with Gasteiger partial charge in [-0.05, 0) is 18.6 Å². The fourth-order valence-corrected chi connectivity index (χ4v) is 3.07. The number of benzene rings is 1. The molecule has 1 heterocycles. The summed E-state index contributed by atoms with van der Waals surface area (Å²) in [4.78, 5) is 15.7. The van der Waals surface area contributed by atoms with Crippen LogP contribution in [0.2, 0.25) is 0 Å². The Labute approximate surface area is 143 Å². The number of aryl methyl sites for hydroxylation is 1. The lowest BCUT2D eigenvalue weighted by molar-refractivity contribution is -0.113. The van der Waals surface area contributed by atoms with Gasteiger partial charge in [0.25, 0.3) is 0 Å². The van der Waals surface area contributed by atoms with Gasteiger partial charge in [0.05, 0.1) is 5.69 Å². The molecule has 0 fully saturated rings. The Bertz CT molecular complexity index is 852. The van der Waals surface area contributed by atoms with E-state index in [2.05, 4.69) is 10.1 Å². The highest BCUT2D eigenvalue weighted by Crippen LogP contribution is 2.15. The molecular weight excluding hydrogens is 356 g/mol. The average molecular weight is 373 g/mol. The molecule has 1 amide bonds. The van der Waals surface area contributed by atoms with Gasteiger partial charge in [-0.2, -0.15) is 4.98 Å². The Morgan fingerprint density at radius 3 is 2.80 bits per heavy atom. The molecule has 25 heavy (non-hydrogen) atoms. The quantitative estimate of drug-likeness (QED) is 0.761. The Hall–Kier alpha value is -2.36. The number of halogens is 2. The number of anilines is 1. The second-order valence-corrected chi connectivity index (χ2v) is 7.48. The van der Waals surface area contributed by atoms with Crippen LogP contribution in [-0.4, -0.2) is 30.2 Å². The van der Waals surface area contributed by atoms with Crippen LogP contribution in [0, 0.1) is 11.6 Å². The third-order valence-electron chi connectivity index (χ3n) is 3.16. The van der Waals surface area contributed by atoms with Gasteiger partial charge in [0, 0.05) is 12.5 Å². The second-order valence-electron chi connectivity index (χ2n) is 5.41. The molecule has 0 radical (unpaired) electrons. The van der Waals surface area contributed by atoms with Gasteiger partial charge in [0.2, 0.25) is 11.8 Å². The molecule has 0 spiro atoms. The van der Waals surface area contributed by atoms with E-state index in [0.717, 1.165) is 31.0 Å². The van der Waals surface area contributed by atoms with E-state index in [9.17, 15) is 22.0 Å². The molecule has 1 aromatic carbocycles. The summed E-state index contributed by atoms with van der Waals surface area (Å²) in [6, 6.07) is 2.47. The lowest BCUT2D eigenvalue weighted by Gasteiger charge is -2.06. The number of carbonyl (C=O) groups excluding carboxylic acids is 1. The summed E-state index contributed by atoms with van der Waals surface area (Å²) < 4.78 is 55.4. The molecule has 0 bridgehead atoms. The van der Waals surface area contributed by atoms with Gasteiger partial charge in [0.1, 0.15) is 23.1 Å². The molecule has 0 aliphatic rings. The van der Waals surface area contributed by atoms with Crippen molar-refractivity contribution in [3.05, 3.63) is 41.5 Å². The van der Waals surface area contributed by atoms with Crippen LogP contribution < -0.4 is 5.32 Å². The summed E-state index contributed by atoms with van der Waals surface area (Å²) in [6.07, 6.45) is 2.34. The van der Waals surface area contributed by atoms with Gasteiger partial charge in [-0.1, -0.05) is 18.5 Å². The SMILES string of the molecule is CCCCc1noc(CS(=O)(=O)CC(=O)Nc2cc(F)ccc2F)n1. The van der Waals surface area contributed by atoms with Crippen molar-refractivity contribution in [2.75, 3.05) is 11.1 Å². The van der Waals surface area contributed by atoms with E-state index in [1.165, 1.54) is 0 Å². The van der Waals surface area contributed by atoms with Gasteiger partial charge in [-0.15, -0.1) is 0 Å². The number of unbranched alkanes of at least 4 members (excludes halogenated alkanes) is 1. The number of carbonyl (C=O) groups is 1. The van der Waals surface area contributed by atoms with E-state index < -0.39 is 44.6 Å². The third-order valence-corrected chi connectivity index (χ3v) is 4.55. The third kappa shape index (κ3) is 5.89. The van der Waals surface area contributed by atoms with Gasteiger partial charge >= 0.3 is 0 Å². The molecule has 0 atom stereocenters. The number of aromatic nitrogens is 2. The maximum absolute atomic E-state index is 13.5. The fraction of sp³-hybridized carbons (Fsp3) is 0.400. The minimum Gasteiger partial charge on any atom is -0.338 e. The highest BCUT2D eigenvalue weighted by molar-refractivity contribution is 7.91. The number of nitrogens with zero attached hydrogens (tertiary/aromatic N) is 2. The van der Waals surface area contributed by atoms with Crippen molar-refractivity contribution in [3.8, 4) is 0 Å². The van der Waals surface area contributed by atoms with E-state index in [-0.39, 0.29) is 5.89 Å². The molecule has 0 aliphatic carbocycles. The van der Waals surface area contributed by atoms with Crippen LogP contribution in [0.5, 0.6) is 0 Å². The predicted molar refractivity (Wildman–Crippen MR) is 85.4 cm³/mol. The molecule has 1 aromatic heterocycles. The summed E-state index contributed by atoms with van der Waals surface area (Å²) in [5.41, 5.74) is -0.431. The molecule has 0 aliphatic heterocycles. The van der Waals surface area contributed by atoms with E-state index in [1.807, 2.05) is 12.2 Å². The van der Waals surface area contributed by atoms with Crippen molar-refractivity contribution in [2.45, 2.75) is 31.9 Å². The number of rotatable bonds is 8. The highest BCUT2D eigenvalue weighted by Gasteiger charge is 2.22. The van der Waals surface area contributed by atoms with E-state index >= 15 is 0 Å². The van der Waals surface area contributed by atoms with Crippen LogP contribution in [0.15, 0.2) is 22.7 Å². The molecule has 10 heteroatoms. The number of hydrogen-bond donors (Lipinski definition) is 1. The lowest BCUT2D eigenvalue weighted by Crippen LogP contribution is -2.24. The molecule has 1 N–H and O–H groups in total. The molecule has 0 unspecified atom stereocenters. The molecule has 136 valence electrons. The lowest BCUT2D eigenvalue weighted by atomic mass is 10.2. The monoisotopic (exact) mass is 373 g/mol. The Morgan fingerprint density at radius 2 is 2.08 bits per heavy atom. The second kappa shape index (κ2) is 8.15. The summed E-state index contributed by atoms with van der Waals surface area (Å²) in [5, 5.41) is 5.69. The topological polar surface area (TPSA) is 102 Å². The van der Waals surface area contributed by atoms with E-state index in [0.29, 0.717) is 12.2 Å². The molecule has 0 saturated heterocycles. The van der Waals surface area contributed by atoms with Gasteiger partial charge in [-0.25, -0.2) is 17.2 Å². The van der Waals surface area contributed by atoms with Crippen LogP contribution in [0.25, 0.3) is 0 Å². The highest BCUT2D eigenvalue weighted by atomic mass is 32.2. The van der Waals surface area contributed by atoms with Crippen molar-refractivity contribution >= 4 is 21.4 Å². The predicted octanol–water partition coefficient (Wildman–Crippen LogP) is 2.24. The number of amides is 1. The van der Waals surface area contributed by atoms with Gasteiger partial charge in [-0.3, -0.25) is 4.79 Å². The van der Waals surface area contributed by atoms with Crippen LogP contribution in [0.1, 0.15) is 31.5 Å². The zero-order valence-corrected chi connectivity index (χ0v) is 14.3. The summed E-state index contributed by atoms with van der Waals surface area (Å²) >= 11 is 0. The summed E-state index contributed by atoms with van der Waals surface area (Å²) in [7, 11) is -3.91. The van der Waals surface area contributed by atoms with Crippen molar-refractivity contribution < 1.29 is 26.5 Å². The Balaban J connectivity index is 1.97. The first-order chi connectivity index (χ1) is 11.8. The normalized spacial score (nSPS) is 11.5. The van der Waals surface area contributed by atoms with Gasteiger partial charge in [0.15, 0.2) is 15.7 Å². The van der Waals surface area contributed by atoms with Crippen molar-refractivity contribution in [1.29, 1.82) is 0 Å². The molecule has 2 rings (SSSR count). The van der Waals surface area contributed by atoms with Crippen molar-refractivity contribution in [1.82, 2.24) is 10.1 Å². The molecule has 0 saturated carbocycles. The van der Waals surface area contributed by atoms with Crippen molar-refractivity contribution in [2.24, 2.45) is 0 Å². The van der Waals surface area contributed by atoms with Gasteiger partial charge < -0.3 is 9.84 Å². The Kier molecular flexibility index (Phi) is 6.18. The number of nitrogens with one attached hydrogen (secondary N) is 1. The standard InChI is InChI=1S/C15H17F2N3O4S/c1-2-3-4-13-19-15(24-20-13)9-25(22,23)8-14(21)18-12-7-10(16)5-6-11(12)17/h5-7H,2-4,8-9H2,1H3,(H,18,21). The largest absolute Gasteiger partial charge is 0.338 e. The molecular formula is C15H17F2N3O4S. The summed E-state index contributed by atoms with van der Waals surface area (Å²) in [5.74, 6) is -3.86. The van der Waals surface area contributed by atoms with Crippen molar-refractivity contribution in [3.63, 3.8) is 0 Å². The fourth-order valence-electron chi connectivity index (χ4n) is 2.00. The number of sulfone groups is 1. The van der Waals surface area contributed by atoms with E-state index in [4.69, 9.17) is 4.52 Å². The first-order valence-electron chi connectivity index (χ1n) is 7.56. The maximum atomic E-state index is 13.5. The minimum atomic E-state index is -3.91. The summed E-state index contributed by atoms with van der Waals surface area (Å²) in [6.45, 7) is 1.99. The smallest absolute Gasteiger partial charge is 0.241 e. The van der Waals surface area contributed by atoms with Crippen LogP contribution in [0.4, 0.5) is 14.5 Å². The van der Waals surface area contributed by atoms with Crippen LogP contribution in [0.3, 0.4) is 0 Å². The minimum absolute atomic E-state index is 0.115. The Morgan fingerprint density at radius 1 is 1.32 bits per heavy atom. The molecule has 7 nitrogen and oxygen atoms in total. The van der Waals surface area contributed by atoms with Crippen LogP contribution in [-0.2, 0) is 26.8 Å².